The molecule has 2 aliphatic rings. The minimum absolute atomic E-state index is 0.0368. The molecule has 86 heavy (non-hydrogen) atoms. The van der Waals surface area contributed by atoms with E-state index in [0.717, 1.165) is 109 Å². The van der Waals surface area contributed by atoms with Crippen LogP contribution < -0.4 is 32.1 Å². The molecule has 2 N–H and O–H groups in total. The predicted octanol–water partition coefficient (Wildman–Crippen LogP) is 8.37. The quantitative estimate of drug-likeness (QED) is 0.0261. The van der Waals surface area contributed by atoms with E-state index in [1.807, 2.05) is 30.6 Å². The summed E-state index contributed by atoms with van der Waals surface area (Å²) >= 11 is 2.47. The number of fused-ring (bicyclic) bond motifs is 2. The molecular formula is C63H56F4IN12O4S2-. The first-order valence-electron chi connectivity index (χ1n) is 27.7. The molecule has 2 aliphatic heterocycles. The third-order valence-electron chi connectivity index (χ3n) is 14.8. The first-order chi connectivity index (χ1) is 41.9. The summed E-state index contributed by atoms with van der Waals surface area (Å²) in [6, 6.07) is 30.8. The normalized spacial score (nSPS) is 14.6. The molecular weight excluding hydrogens is 1260 g/mol. The molecule has 0 saturated carbocycles. The number of nitrogens with zero attached hydrogens (tertiary/aromatic N) is 10. The Hall–Kier alpha value is -7.59. The summed E-state index contributed by atoms with van der Waals surface area (Å²) in [5.74, 6) is -5.02. The average Bonchev–Trinajstić information content (AvgIpc) is 1.91. The molecule has 0 unspecified atom stereocenters. The van der Waals surface area contributed by atoms with Crippen LogP contribution in [0.4, 0.5) is 28.9 Å². The van der Waals surface area contributed by atoms with E-state index in [4.69, 9.17) is 34.4 Å². The van der Waals surface area contributed by atoms with Gasteiger partial charge in [0.25, 0.3) is 5.91 Å². The monoisotopic (exact) mass is 1310 g/mol. The molecule has 0 spiro atoms. The molecule has 10 aromatic rings. The Morgan fingerprint density at radius 1 is 0.558 bits per heavy atom. The van der Waals surface area contributed by atoms with Gasteiger partial charge in [-0.05, 0) is 66.2 Å². The molecule has 8 heterocycles. The van der Waals surface area contributed by atoms with Crippen molar-refractivity contribution >= 4 is 66.6 Å². The maximum atomic E-state index is 16.0. The predicted molar refractivity (Wildman–Crippen MR) is 322 cm³/mol. The Balaban J connectivity index is 0.900. The standard InChI is InChI=1S/C63H56F4IN12O4S2/c1-83-26-24-77-18-20-78(21-19-77)35-38-28-54-61(69-33-38)85-60(75-54)44-8-3-4-12-48(44)73-59(82)53-31-40(30-52(72-53)43-10-5-11-47(66)57(43)67)42-9-6-14-50(74-58(81)51-15-7-13-49(71-51)45-32-41(64)16-17-46(45)65)56(42)63-76-55-29-39(34-70-62(55)86-63)36-79-22-23-80(68-37-79)25-27-84-2/h3-17,28-34H,18-27,35-37H2,1-2H3,(H,73,82)(H,74,81)/q-1. The van der Waals surface area contributed by atoms with Crippen LogP contribution in [-0.4, -0.2) is 144 Å². The first-order valence-corrected chi connectivity index (χ1v) is 31.8. The van der Waals surface area contributed by atoms with Gasteiger partial charge in [-0.25, -0.2) is 37.5 Å². The second kappa shape index (κ2) is 26.6. The van der Waals surface area contributed by atoms with Gasteiger partial charge in [0.2, 0.25) is 0 Å². The van der Waals surface area contributed by atoms with E-state index in [1.54, 1.807) is 56.7 Å². The van der Waals surface area contributed by atoms with E-state index in [1.165, 1.54) is 53.0 Å². The summed E-state index contributed by atoms with van der Waals surface area (Å²) in [5.41, 5.74) is 5.25. The fraction of sp³-hybridized carbons (Fsp3) is 0.238. The number of thiazole rings is 2. The molecule has 6 aromatic heterocycles. The third-order valence-corrected chi connectivity index (χ3v) is 20.0. The first kappa shape index (κ1) is 58.8. The number of aromatic nitrogens is 6. The molecule has 2 amide bonds. The summed E-state index contributed by atoms with van der Waals surface area (Å²) in [7, 11) is 3.44. The Morgan fingerprint density at radius 2 is 1.19 bits per heavy atom. The summed E-state index contributed by atoms with van der Waals surface area (Å²) in [6.07, 6.45) is 3.73. The van der Waals surface area contributed by atoms with E-state index < -0.39 is 35.1 Å². The van der Waals surface area contributed by atoms with Crippen molar-refractivity contribution in [3.63, 3.8) is 0 Å². The summed E-state index contributed by atoms with van der Waals surface area (Å²) in [5, 5.41) is 7.10. The number of hydrogen-bond donors (Lipinski definition) is 2. The SMILES string of the molecule is COCCN1CCN(Cc2cnc3sc(-c4ccccc4NC(=O)c4cc(-c5cccc(NC(=O)c6cccc(-c7cc(F)ccc7F)n6)c5-c5nc6cc(CN7CCN(CCOC)[I-]C7)cnc6s5)cc(-c5cccc(F)c5F)n4)nc3c2)CC1. The number of piperazine rings is 1. The zero-order valence-corrected chi connectivity index (χ0v) is 50.5. The molecule has 0 atom stereocenters. The summed E-state index contributed by atoms with van der Waals surface area (Å²) < 4.78 is 74.7. The van der Waals surface area contributed by atoms with Crippen LogP contribution in [0.25, 0.3) is 75.5 Å². The van der Waals surface area contributed by atoms with Gasteiger partial charge in [-0.3, -0.25) is 19.4 Å². The number of rotatable bonds is 19. The number of benzene rings is 4. The molecule has 440 valence electrons. The number of nitrogens with one attached hydrogen (secondary N) is 2. The van der Waals surface area contributed by atoms with Gasteiger partial charge in [-0.15, -0.1) is 0 Å². The van der Waals surface area contributed by atoms with E-state index >= 15 is 13.2 Å². The number of hydrogen-bond acceptors (Lipinski definition) is 16. The van der Waals surface area contributed by atoms with Crippen molar-refractivity contribution in [3.8, 4) is 54.8 Å². The Labute approximate surface area is 511 Å². The summed E-state index contributed by atoms with van der Waals surface area (Å²) in [4.78, 5) is 66.9. The number of anilines is 2. The van der Waals surface area contributed by atoms with E-state index in [-0.39, 0.29) is 61.1 Å². The van der Waals surface area contributed by atoms with E-state index in [2.05, 4.69) is 39.5 Å². The second-order valence-electron chi connectivity index (χ2n) is 20.6. The van der Waals surface area contributed by atoms with Crippen molar-refractivity contribution in [2.24, 2.45) is 0 Å². The number of carbonyl (C=O) groups excluding carboxylic acids is 2. The van der Waals surface area contributed by atoms with Crippen molar-refractivity contribution in [2.75, 3.05) is 95.0 Å². The molecule has 0 bridgehead atoms. The van der Waals surface area contributed by atoms with Gasteiger partial charge in [0, 0.05) is 69.3 Å². The fourth-order valence-electron chi connectivity index (χ4n) is 10.4. The number of amides is 2. The van der Waals surface area contributed by atoms with Gasteiger partial charge in [-0.1, -0.05) is 35.6 Å². The number of halogens is 5. The van der Waals surface area contributed by atoms with Crippen LogP contribution in [-0.2, 0) is 22.6 Å². The van der Waals surface area contributed by atoms with Crippen molar-refractivity contribution < 1.29 is 58.1 Å². The molecule has 12 rings (SSSR count). The van der Waals surface area contributed by atoms with Gasteiger partial charge < -0.3 is 10.1 Å². The smallest absolute Gasteiger partial charge is 0.242 e. The third kappa shape index (κ3) is 13.4. The van der Waals surface area contributed by atoms with Crippen LogP contribution in [0.1, 0.15) is 32.1 Å². The van der Waals surface area contributed by atoms with E-state index in [0.29, 0.717) is 68.1 Å². The number of para-hydroxylation sites is 1. The van der Waals surface area contributed by atoms with Gasteiger partial charge in [0.05, 0.1) is 23.7 Å². The Bertz CT molecular complexity index is 4140. The fourth-order valence-corrected chi connectivity index (χ4v) is 14.8. The van der Waals surface area contributed by atoms with Crippen LogP contribution >= 0.6 is 22.7 Å². The van der Waals surface area contributed by atoms with Crippen LogP contribution in [0.3, 0.4) is 0 Å². The molecule has 4 aromatic carbocycles. The topological polar surface area (TPSA) is 167 Å². The second-order valence-corrected chi connectivity index (χ2v) is 25.3. The number of carbonyl (C=O) groups is 2. The minimum Gasteiger partial charge on any atom is -0.242 e. The number of methoxy groups -OCH3 is 2. The van der Waals surface area contributed by atoms with Crippen LogP contribution in [0.15, 0.2) is 134 Å². The zero-order valence-electron chi connectivity index (χ0n) is 46.7. The Morgan fingerprint density at radius 3 is 1.95 bits per heavy atom. The number of ether oxygens (including phenoxy) is 2. The maximum absolute atomic E-state index is 16.0. The molecule has 2 fully saturated rings. The molecule has 0 radical (unpaired) electrons. The number of alkyl halides is 1. The van der Waals surface area contributed by atoms with Crippen LogP contribution in [0.2, 0.25) is 0 Å². The van der Waals surface area contributed by atoms with Gasteiger partial charge in [0.15, 0.2) is 11.6 Å². The van der Waals surface area contributed by atoms with Crippen molar-refractivity contribution in [1.82, 2.24) is 47.7 Å². The zero-order chi connectivity index (χ0) is 59.3. The molecule has 16 nitrogen and oxygen atoms in total. The van der Waals surface area contributed by atoms with Crippen molar-refractivity contribution in [2.45, 2.75) is 13.1 Å². The van der Waals surface area contributed by atoms with Crippen molar-refractivity contribution in [1.29, 1.82) is 0 Å². The molecule has 2 saturated heterocycles. The Kier molecular flexibility index (Phi) is 18.2. The average molecular weight is 1310 g/mol. The minimum atomic E-state index is -1.17. The molecule has 0 aliphatic carbocycles. The van der Waals surface area contributed by atoms with Crippen molar-refractivity contribution in [3.05, 3.63) is 180 Å². The van der Waals surface area contributed by atoms with Crippen LogP contribution in [0, 0.1) is 23.3 Å². The molecule has 23 heteroatoms. The van der Waals surface area contributed by atoms with Gasteiger partial charge in [-0.2, -0.15) is 0 Å². The van der Waals surface area contributed by atoms with Crippen LogP contribution in [0.5, 0.6) is 0 Å². The summed E-state index contributed by atoms with van der Waals surface area (Å²) in [6.45, 7) is 10.3. The van der Waals surface area contributed by atoms with Gasteiger partial charge in [0.1, 0.15) is 38.4 Å². The van der Waals surface area contributed by atoms with E-state index in [9.17, 15) is 14.0 Å². The number of pyridine rings is 4. The van der Waals surface area contributed by atoms with Gasteiger partial charge >= 0.3 is 197 Å².